The Bertz CT molecular complexity index is 768. The zero-order valence-electron chi connectivity index (χ0n) is 17.0. The highest BCUT2D eigenvalue weighted by Gasteiger charge is 2.19. The van der Waals surface area contributed by atoms with Crippen LogP contribution in [0.25, 0.3) is 0 Å². The molecule has 2 fully saturated rings. The maximum atomic E-state index is 12.3. The molecule has 0 spiro atoms. The highest BCUT2D eigenvalue weighted by atomic mass is 16.1. The number of anilines is 3. The molecule has 0 bridgehead atoms. The summed E-state index contributed by atoms with van der Waals surface area (Å²) in [4.78, 5) is 27.9. The molecule has 0 aliphatic carbocycles. The van der Waals surface area contributed by atoms with Gasteiger partial charge >= 0.3 is 0 Å². The maximum Gasteiger partial charge on any atom is 0.225 e. The minimum atomic E-state index is 0.0737. The molecule has 2 aliphatic rings. The van der Waals surface area contributed by atoms with Crippen LogP contribution >= 0.6 is 0 Å². The first-order chi connectivity index (χ1) is 14.3. The van der Waals surface area contributed by atoms with Crippen LogP contribution in [0.15, 0.2) is 42.7 Å². The lowest BCUT2D eigenvalue weighted by Crippen LogP contribution is -2.47. The molecule has 1 aromatic carbocycles. The number of hydrogen-bond acceptors (Lipinski definition) is 6. The molecular formula is C22H30N6O. The van der Waals surface area contributed by atoms with Crippen LogP contribution in [0.1, 0.15) is 25.7 Å². The lowest BCUT2D eigenvalue weighted by Gasteiger charge is -2.34. The summed E-state index contributed by atoms with van der Waals surface area (Å²) in [7, 11) is 0. The minimum absolute atomic E-state index is 0.0737. The molecule has 0 unspecified atom stereocenters. The Morgan fingerprint density at radius 1 is 0.862 bits per heavy atom. The highest BCUT2D eigenvalue weighted by molar-refractivity contribution is 5.91. The van der Waals surface area contributed by atoms with Crippen molar-refractivity contribution in [1.29, 1.82) is 0 Å². The summed E-state index contributed by atoms with van der Waals surface area (Å²) in [5.74, 6) is 0.863. The molecule has 1 N–H and O–H groups in total. The Morgan fingerprint density at radius 2 is 1.55 bits per heavy atom. The first-order valence-corrected chi connectivity index (χ1v) is 10.7. The molecule has 2 saturated heterocycles. The molecule has 0 radical (unpaired) electrons. The fraction of sp³-hybridized carbons (Fsp3) is 0.500. The van der Waals surface area contributed by atoms with Crippen LogP contribution in [0, 0.1) is 0 Å². The van der Waals surface area contributed by atoms with Crippen LogP contribution in [0.2, 0.25) is 0 Å². The number of rotatable bonds is 6. The van der Waals surface area contributed by atoms with E-state index in [-0.39, 0.29) is 5.91 Å². The summed E-state index contributed by atoms with van der Waals surface area (Å²) in [6.07, 6.45) is 7.93. The summed E-state index contributed by atoms with van der Waals surface area (Å²) in [6.45, 7) is 6.69. The number of piperidine rings is 1. The SMILES string of the molecule is O=C(CCN1CCN(c2ncccn2)CC1)Nc1ccc(N2CCCCC2)cc1. The van der Waals surface area contributed by atoms with Crippen molar-refractivity contribution >= 4 is 23.2 Å². The third-order valence-electron chi connectivity index (χ3n) is 5.73. The molecular weight excluding hydrogens is 364 g/mol. The highest BCUT2D eigenvalue weighted by Crippen LogP contribution is 2.22. The van der Waals surface area contributed by atoms with Gasteiger partial charge in [-0.2, -0.15) is 0 Å². The van der Waals surface area contributed by atoms with Crippen molar-refractivity contribution in [2.24, 2.45) is 0 Å². The standard InChI is InChI=1S/C22H30N6O/c29-21(25-19-5-7-20(8-6-19)27-12-2-1-3-13-27)9-14-26-15-17-28(18-16-26)22-23-10-4-11-24-22/h4-8,10-11H,1-3,9,12-18H2,(H,25,29). The van der Waals surface area contributed by atoms with Crippen LogP contribution in [-0.4, -0.2) is 66.6 Å². The molecule has 7 heteroatoms. The fourth-order valence-electron chi connectivity index (χ4n) is 4.02. The van der Waals surface area contributed by atoms with Gasteiger partial charge in [0, 0.05) is 76.0 Å². The number of aromatic nitrogens is 2. The molecule has 1 aromatic heterocycles. The average Bonchev–Trinajstić information content (AvgIpc) is 2.80. The molecule has 0 saturated carbocycles. The monoisotopic (exact) mass is 394 g/mol. The number of carbonyl (C=O) groups is 1. The molecule has 154 valence electrons. The summed E-state index contributed by atoms with van der Waals surface area (Å²) >= 11 is 0. The van der Waals surface area contributed by atoms with Gasteiger partial charge < -0.3 is 15.1 Å². The van der Waals surface area contributed by atoms with Crippen molar-refractivity contribution in [3.63, 3.8) is 0 Å². The van der Waals surface area contributed by atoms with E-state index in [1.54, 1.807) is 12.4 Å². The molecule has 1 amide bonds. The normalized spacial score (nSPS) is 17.9. The smallest absolute Gasteiger partial charge is 0.225 e. The number of carbonyl (C=O) groups excluding carboxylic acids is 1. The second-order valence-electron chi connectivity index (χ2n) is 7.77. The summed E-state index contributed by atoms with van der Waals surface area (Å²) in [5.41, 5.74) is 2.13. The average molecular weight is 395 g/mol. The van der Waals surface area contributed by atoms with Crippen molar-refractivity contribution in [3.8, 4) is 0 Å². The number of nitrogens with one attached hydrogen (secondary N) is 1. The predicted molar refractivity (Wildman–Crippen MR) is 116 cm³/mol. The maximum absolute atomic E-state index is 12.3. The van der Waals surface area contributed by atoms with Crippen LogP contribution in [-0.2, 0) is 4.79 Å². The third kappa shape index (κ3) is 5.44. The van der Waals surface area contributed by atoms with Gasteiger partial charge in [0.25, 0.3) is 0 Å². The Kier molecular flexibility index (Phi) is 6.56. The number of amides is 1. The van der Waals surface area contributed by atoms with Crippen molar-refractivity contribution in [1.82, 2.24) is 14.9 Å². The van der Waals surface area contributed by atoms with E-state index in [1.807, 2.05) is 18.2 Å². The fourth-order valence-corrected chi connectivity index (χ4v) is 4.02. The van der Waals surface area contributed by atoms with E-state index < -0.39 is 0 Å². The Hall–Kier alpha value is -2.67. The molecule has 29 heavy (non-hydrogen) atoms. The molecule has 2 aromatic rings. The van der Waals surface area contributed by atoms with Crippen molar-refractivity contribution in [2.75, 3.05) is 60.9 Å². The number of benzene rings is 1. The molecule has 0 atom stereocenters. The zero-order valence-corrected chi connectivity index (χ0v) is 17.0. The lowest BCUT2D eigenvalue weighted by molar-refractivity contribution is -0.116. The number of piperazine rings is 1. The van der Waals surface area contributed by atoms with Gasteiger partial charge in [0.2, 0.25) is 11.9 Å². The summed E-state index contributed by atoms with van der Waals surface area (Å²) < 4.78 is 0. The van der Waals surface area contributed by atoms with Gasteiger partial charge in [-0.1, -0.05) is 0 Å². The predicted octanol–water partition coefficient (Wildman–Crippen LogP) is 2.62. The van der Waals surface area contributed by atoms with Crippen LogP contribution < -0.4 is 15.1 Å². The van der Waals surface area contributed by atoms with Crippen molar-refractivity contribution < 1.29 is 4.79 Å². The topological polar surface area (TPSA) is 64.6 Å². The largest absolute Gasteiger partial charge is 0.372 e. The van der Waals surface area contributed by atoms with Gasteiger partial charge in [-0.05, 0) is 49.6 Å². The molecule has 7 nitrogen and oxygen atoms in total. The van der Waals surface area contributed by atoms with Gasteiger partial charge in [-0.25, -0.2) is 9.97 Å². The number of hydrogen-bond donors (Lipinski definition) is 1. The van der Waals surface area contributed by atoms with E-state index in [1.165, 1.54) is 24.9 Å². The first-order valence-electron chi connectivity index (χ1n) is 10.7. The van der Waals surface area contributed by atoms with E-state index in [2.05, 4.69) is 42.1 Å². The second-order valence-corrected chi connectivity index (χ2v) is 7.77. The van der Waals surface area contributed by atoms with Crippen LogP contribution in [0.5, 0.6) is 0 Å². The van der Waals surface area contributed by atoms with Crippen molar-refractivity contribution in [2.45, 2.75) is 25.7 Å². The van der Waals surface area contributed by atoms with Gasteiger partial charge in [-0.15, -0.1) is 0 Å². The Labute approximate surface area is 172 Å². The van der Waals surface area contributed by atoms with Gasteiger partial charge in [0.15, 0.2) is 0 Å². The molecule has 3 heterocycles. The second kappa shape index (κ2) is 9.69. The third-order valence-corrected chi connectivity index (χ3v) is 5.73. The van der Waals surface area contributed by atoms with Crippen LogP contribution in [0.3, 0.4) is 0 Å². The van der Waals surface area contributed by atoms with Gasteiger partial charge in [-0.3, -0.25) is 9.69 Å². The van der Waals surface area contributed by atoms with Crippen LogP contribution in [0.4, 0.5) is 17.3 Å². The molecule has 2 aliphatic heterocycles. The zero-order chi connectivity index (χ0) is 19.9. The Balaban J connectivity index is 1.18. The number of nitrogens with zero attached hydrogens (tertiary/aromatic N) is 5. The summed E-state index contributed by atoms with van der Waals surface area (Å²) in [5, 5.41) is 3.03. The van der Waals surface area contributed by atoms with E-state index in [0.717, 1.165) is 57.4 Å². The van der Waals surface area contributed by atoms with E-state index >= 15 is 0 Å². The first kappa shape index (κ1) is 19.6. The van der Waals surface area contributed by atoms with E-state index in [4.69, 9.17) is 0 Å². The quantitative estimate of drug-likeness (QED) is 0.813. The molecule has 4 rings (SSSR count). The van der Waals surface area contributed by atoms with Crippen molar-refractivity contribution in [3.05, 3.63) is 42.7 Å². The van der Waals surface area contributed by atoms with Gasteiger partial charge in [0.05, 0.1) is 0 Å². The van der Waals surface area contributed by atoms with E-state index in [9.17, 15) is 4.79 Å². The summed E-state index contributed by atoms with van der Waals surface area (Å²) in [6, 6.07) is 10.1. The minimum Gasteiger partial charge on any atom is -0.372 e. The van der Waals surface area contributed by atoms with Gasteiger partial charge in [0.1, 0.15) is 0 Å². The Morgan fingerprint density at radius 3 is 2.24 bits per heavy atom. The lowest BCUT2D eigenvalue weighted by atomic mass is 10.1. The van der Waals surface area contributed by atoms with E-state index in [0.29, 0.717) is 6.42 Å².